The van der Waals surface area contributed by atoms with Gasteiger partial charge in [0.2, 0.25) is 0 Å². The fraction of sp³-hybridized carbons (Fsp3) is 0.500. The molecule has 10 nitrogen and oxygen atoms in total. The zero-order chi connectivity index (χ0) is 13.8. The molecular formula is C8H9N5O5. The summed E-state index contributed by atoms with van der Waals surface area (Å²) in [6.07, 6.45) is 0.940. The second-order valence-electron chi connectivity index (χ2n) is 3.49. The minimum atomic E-state index is -2.71. The predicted molar refractivity (Wildman–Crippen MR) is 55.4 cm³/mol. The average Bonchev–Trinajstić information content (AvgIpc) is 2.30. The first-order chi connectivity index (χ1) is 8.41. The first-order valence-corrected chi connectivity index (χ1v) is 4.82. The van der Waals surface area contributed by atoms with Crippen molar-refractivity contribution >= 4 is 5.78 Å². The maximum Gasteiger partial charge on any atom is 0.517 e. The highest BCUT2D eigenvalue weighted by Crippen LogP contribution is 2.27. The van der Waals surface area contributed by atoms with Gasteiger partial charge in [0.05, 0.1) is 0 Å². The molecule has 1 rings (SSSR count). The van der Waals surface area contributed by atoms with Crippen molar-refractivity contribution in [3.8, 4) is 0 Å². The maximum atomic E-state index is 11.0. The van der Waals surface area contributed by atoms with Crippen molar-refractivity contribution in [2.24, 2.45) is 0 Å². The van der Waals surface area contributed by atoms with E-state index in [2.05, 4.69) is 15.0 Å². The summed E-state index contributed by atoms with van der Waals surface area (Å²) in [5.41, 5.74) is -2.71. The fourth-order valence-electron chi connectivity index (χ4n) is 1.32. The van der Waals surface area contributed by atoms with Gasteiger partial charge in [0.25, 0.3) is 5.82 Å². The Hall–Kier alpha value is -2.52. The van der Waals surface area contributed by atoms with Gasteiger partial charge in [0, 0.05) is 6.42 Å². The van der Waals surface area contributed by atoms with Gasteiger partial charge in [-0.2, -0.15) is 0 Å². The molecule has 0 saturated heterocycles. The second-order valence-corrected chi connectivity index (χ2v) is 3.49. The lowest BCUT2D eigenvalue weighted by atomic mass is 10.0. The molecule has 0 atom stereocenters. The van der Waals surface area contributed by atoms with E-state index in [-0.39, 0.29) is 6.42 Å². The normalized spacial score (nSPS) is 10.9. The monoisotopic (exact) mass is 255 g/mol. The van der Waals surface area contributed by atoms with Gasteiger partial charge < -0.3 is 4.79 Å². The molecule has 1 aromatic heterocycles. The van der Waals surface area contributed by atoms with Crippen LogP contribution in [0.2, 0.25) is 0 Å². The third-order valence-corrected chi connectivity index (χ3v) is 2.28. The van der Waals surface area contributed by atoms with Crippen molar-refractivity contribution in [2.75, 3.05) is 0 Å². The number of aromatic nitrogens is 3. The van der Waals surface area contributed by atoms with Crippen LogP contribution >= 0.6 is 0 Å². The van der Waals surface area contributed by atoms with Gasteiger partial charge in [0.1, 0.15) is 34.7 Å². The van der Waals surface area contributed by atoms with Gasteiger partial charge in [-0.05, 0) is 6.92 Å². The number of nitro groups is 2. The highest BCUT2D eigenvalue weighted by molar-refractivity contribution is 5.75. The molecule has 0 spiro atoms. The van der Waals surface area contributed by atoms with Gasteiger partial charge >= 0.3 is 5.66 Å². The minimum absolute atomic E-state index is 0.312. The molecule has 10 heteroatoms. The van der Waals surface area contributed by atoms with Gasteiger partial charge in [0.15, 0.2) is 0 Å². The van der Waals surface area contributed by atoms with Crippen LogP contribution in [0.25, 0.3) is 0 Å². The van der Waals surface area contributed by atoms with E-state index in [1.807, 2.05) is 0 Å². The van der Waals surface area contributed by atoms with Gasteiger partial charge in [-0.25, -0.2) is 15.0 Å². The summed E-state index contributed by atoms with van der Waals surface area (Å²) in [5, 5.41) is 22.1. The molecule has 0 aliphatic carbocycles. The van der Waals surface area contributed by atoms with E-state index in [9.17, 15) is 25.0 Å². The number of hydrogen-bond acceptors (Lipinski definition) is 8. The van der Waals surface area contributed by atoms with E-state index in [1.165, 1.54) is 6.92 Å². The topological polar surface area (TPSA) is 142 Å². The molecule has 1 heterocycles. The number of ketones is 1. The Morgan fingerprint density at radius 2 is 1.78 bits per heavy atom. The van der Waals surface area contributed by atoms with Crippen molar-refractivity contribution in [2.45, 2.75) is 25.4 Å². The van der Waals surface area contributed by atoms with Gasteiger partial charge in [-0.15, -0.1) is 0 Å². The lowest BCUT2D eigenvalue weighted by Crippen LogP contribution is -2.45. The van der Waals surface area contributed by atoms with Gasteiger partial charge in [-0.1, -0.05) is 0 Å². The van der Waals surface area contributed by atoms with E-state index in [0.29, 0.717) is 0 Å². The highest BCUT2D eigenvalue weighted by Gasteiger charge is 2.60. The molecule has 0 saturated carbocycles. The van der Waals surface area contributed by atoms with Crippen LogP contribution in [-0.2, 0) is 10.5 Å². The molecule has 0 unspecified atom stereocenters. The van der Waals surface area contributed by atoms with E-state index in [4.69, 9.17) is 0 Å². The van der Waals surface area contributed by atoms with Crippen LogP contribution in [0.4, 0.5) is 0 Å². The Morgan fingerprint density at radius 3 is 2.17 bits per heavy atom. The SMILES string of the molecule is CC(=O)CCC(c1ncncn1)([N+](=O)[O-])[N+](=O)[O-]. The number of carbonyl (C=O) groups excluding carboxylic acids is 1. The van der Waals surface area contributed by atoms with Crippen molar-refractivity contribution in [1.82, 2.24) is 15.0 Å². The molecular weight excluding hydrogens is 246 g/mol. The van der Waals surface area contributed by atoms with E-state index in [1.54, 1.807) is 0 Å². The quantitative estimate of drug-likeness (QED) is 0.391. The molecule has 0 radical (unpaired) electrons. The van der Waals surface area contributed by atoms with Crippen LogP contribution in [0.15, 0.2) is 12.7 Å². The summed E-state index contributed by atoms with van der Waals surface area (Å²) in [6, 6.07) is 0. The molecule has 18 heavy (non-hydrogen) atoms. The summed E-state index contributed by atoms with van der Waals surface area (Å²) >= 11 is 0. The van der Waals surface area contributed by atoms with Crippen molar-refractivity contribution in [3.63, 3.8) is 0 Å². The zero-order valence-electron chi connectivity index (χ0n) is 9.35. The third kappa shape index (κ3) is 2.42. The lowest BCUT2D eigenvalue weighted by molar-refractivity contribution is -0.813. The Kier molecular flexibility index (Phi) is 3.92. The molecule has 0 bridgehead atoms. The number of nitrogens with zero attached hydrogens (tertiary/aromatic N) is 5. The summed E-state index contributed by atoms with van der Waals surface area (Å²) < 4.78 is 0. The van der Waals surface area contributed by atoms with Crippen molar-refractivity contribution in [3.05, 3.63) is 38.7 Å². The van der Waals surface area contributed by atoms with Crippen LogP contribution in [-0.4, -0.2) is 30.6 Å². The van der Waals surface area contributed by atoms with Crippen LogP contribution < -0.4 is 0 Å². The summed E-state index contributed by atoms with van der Waals surface area (Å²) in [5.74, 6) is -0.981. The first kappa shape index (κ1) is 13.5. The smallest absolute Gasteiger partial charge is 0.300 e. The molecule has 0 aliphatic rings. The number of carbonyl (C=O) groups is 1. The molecule has 0 aromatic carbocycles. The second kappa shape index (κ2) is 5.21. The molecule has 0 N–H and O–H groups in total. The average molecular weight is 255 g/mol. The summed E-state index contributed by atoms with van der Waals surface area (Å²) in [7, 11) is 0. The predicted octanol–water partition coefficient (Wildman–Crippen LogP) is -0.0530. The molecule has 1 aromatic rings. The fourth-order valence-corrected chi connectivity index (χ4v) is 1.32. The van der Waals surface area contributed by atoms with Crippen molar-refractivity contribution < 1.29 is 14.6 Å². The summed E-state index contributed by atoms with van der Waals surface area (Å²) in [6.45, 7) is 1.19. The molecule has 0 fully saturated rings. The third-order valence-electron chi connectivity index (χ3n) is 2.28. The number of rotatable bonds is 6. The Morgan fingerprint density at radius 1 is 1.28 bits per heavy atom. The molecule has 0 amide bonds. The van der Waals surface area contributed by atoms with E-state index in [0.717, 1.165) is 12.7 Å². The number of hydrogen-bond donors (Lipinski definition) is 0. The van der Waals surface area contributed by atoms with Crippen LogP contribution in [0.5, 0.6) is 0 Å². The van der Waals surface area contributed by atoms with E-state index >= 15 is 0 Å². The Balaban J connectivity index is 3.27. The highest BCUT2D eigenvalue weighted by atomic mass is 16.7. The largest absolute Gasteiger partial charge is 0.517 e. The van der Waals surface area contributed by atoms with Crippen molar-refractivity contribution in [1.29, 1.82) is 0 Å². The Bertz CT molecular complexity index is 462. The summed E-state index contributed by atoms with van der Waals surface area (Å²) in [4.78, 5) is 41.1. The van der Waals surface area contributed by atoms with Crippen LogP contribution in [0.1, 0.15) is 25.6 Å². The molecule has 96 valence electrons. The van der Waals surface area contributed by atoms with Crippen LogP contribution in [0.3, 0.4) is 0 Å². The first-order valence-electron chi connectivity index (χ1n) is 4.82. The van der Waals surface area contributed by atoms with Crippen LogP contribution in [0, 0.1) is 20.2 Å². The minimum Gasteiger partial charge on any atom is -0.300 e. The Labute approximate surface area is 100 Å². The van der Waals surface area contributed by atoms with E-state index < -0.39 is 33.5 Å². The maximum absolute atomic E-state index is 11.0. The zero-order valence-corrected chi connectivity index (χ0v) is 9.35. The van der Waals surface area contributed by atoms with Gasteiger partial charge in [-0.3, -0.25) is 20.2 Å². The molecule has 0 aliphatic heterocycles. The number of Topliss-reactive ketones (excluding diaryl/α,β-unsaturated/α-hetero) is 1. The lowest BCUT2D eigenvalue weighted by Gasteiger charge is -2.14. The standard InChI is InChI=1S/C8H9N5O5/c1-6(14)2-3-8(12(15)16,13(17)18)7-10-4-9-5-11-7/h4-5H,2-3H2,1H3.